The molecule has 2 heterocycles. The molecule has 0 bridgehead atoms. The topological polar surface area (TPSA) is 85.5 Å². The molecule has 2 aliphatic rings. The molecule has 0 aliphatic carbocycles. The summed E-state index contributed by atoms with van der Waals surface area (Å²) < 4.78 is 5.66. The number of aliphatic hydroxyl groups is 3. The highest BCUT2D eigenvalue weighted by Gasteiger charge is 2.50. The van der Waals surface area contributed by atoms with Gasteiger partial charge in [-0.1, -0.05) is 17.8 Å². The molecule has 108 valence electrons. The van der Waals surface area contributed by atoms with Crippen molar-refractivity contribution in [3.8, 4) is 0 Å². The minimum absolute atomic E-state index is 0.387. The highest BCUT2D eigenvalue weighted by atomic mass is 32.2. The Bertz CT molecular complexity index is 379. The first kappa shape index (κ1) is 14.8. The molecule has 0 amide bonds. The molecule has 6 atom stereocenters. The second-order valence-corrected chi connectivity index (χ2v) is 5.78. The Labute approximate surface area is 116 Å². The van der Waals surface area contributed by atoms with Crippen LogP contribution in [0.15, 0.2) is 17.6 Å². The van der Waals surface area contributed by atoms with Crippen LogP contribution in [0.3, 0.4) is 0 Å². The Morgan fingerprint density at radius 1 is 1.53 bits per heavy atom. The number of hydrogen-bond acceptors (Lipinski definition) is 7. The lowest BCUT2D eigenvalue weighted by atomic mass is 9.95. The van der Waals surface area contributed by atoms with Crippen molar-refractivity contribution in [2.75, 3.05) is 13.6 Å². The van der Waals surface area contributed by atoms with Gasteiger partial charge in [-0.3, -0.25) is 4.99 Å². The Morgan fingerprint density at radius 2 is 2.21 bits per heavy atom. The fraction of sp³-hybridized carbons (Fsp3) is 0.750. The summed E-state index contributed by atoms with van der Waals surface area (Å²) in [5.41, 5.74) is -0.387. The molecule has 7 heteroatoms. The third-order valence-corrected chi connectivity index (χ3v) is 4.72. The van der Waals surface area contributed by atoms with Crippen LogP contribution in [0, 0.1) is 0 Å². The van der Waals surface area contributed by atoms with Crippen molar-refractivity contribution in [3.05, 3.63) is 12.7 Å². The van der Waals surface area contributed by atoms with Gasteiger partial charge < -0.3 is 25.0 Å². The van der Waals surface area contributed by atoms with Gasteiger partial charge in [-0.2, -0.15) is 0 Å². The van der Waals surface area contributed by atoms with Crippen LogP contribution in [0.1, 0.15) is 6.92 Å². The number of amidine groups is 1. The summed E-state index contributed by atoms with van der Waals surface area (Å²) in [4.78, 5) is 6.34. The van der Waals surface area contributed by atoms with E-state index in [-0.39, 0.29) is 5.44 Å². The molecule has 0 aromatic carbocycles. The normalized spacial score (nSPS) is 39.4. The van der Waals surface area contributed by atoms with Crippen molar-refractivity contribution in [2.45, 2.75) is 42.8 Å². The van der Waals surface area contributed by atoms with E-state index in [1.165, 1.54) is 17.8 Å². The summed E-state index contributed by atoms with van der Waals surface area (Å²) in [6.07, 6.45) is -2.82. The molecule has 1 unspecified atom stereocenters. The highest BCUT2D eigenvalue weighted by Crippen LogP contribution is 2.37. The Hall–Kier alpha value is -0.600. The monoisotopic (exact) mass is 288 g/mol. The minimum atomic E-state index is -1.18. The predicted octanol–water partition coefficient (Wildman–Crippen LogP) is -0.597. The Balaban J connectivity index is 2.14. The van der Waals surface area contributed by atoms with Crippen molar-refractivity contribution in [3.63, 3.8) is 0 Å². The number of aliphatic hydroxyl groups excluding tert-OH is 3. The number of aliphatic imine (C=N–C) groups is 1. The molecular weight excluding hydrogens is 268 g/mol. The summed E-state index contributed by atoms with van der Waals surface area (Å²) >= 11 is 1.40. The molecule has 1 fully saturated rings. The van der Waals surface area contributed by atoms with E-state index in [0.717, 1.165) is 11.7 Å². The average molecular weight is 288 g/mol. The summed E-state index contributed by atoms with van der Waals surface area (Å²) in [5.74, 6) is 0. The van der Waals surface area contributed by atoms with Crippen LogP contribution in [0.25, 0.3) is 0 Å². The quantitative estimate of drug-likeness (QED) is 0.602. The molecule has 19 heavy (non-hydrogen) atoms. The van der Waals surface area contributed by atoms with Gasteiger partial charge in [0.2, 0.25) is 0 Å². The third-order valence-electron chi connectivity index (χ3n) is 3.47. The van der Waals surface area contributed by atoms with Crippen LogP contribution in [-0.4, -0.2) is 74.9 Å². The number of nitrogens with zero attached hydrogens (tertiary/aromatic N) is 2. The van der Waals surface area contributed by atoms with Gasteiger partial charge in [-0.15, -0.1) is 6.58 Å². The number of fused-ring (bicyclic) bond motifs is 1. The summed E-state index contributed by atoms with van der Waals surface area (Å²) in [6, 6.07) is -0.503. The predicted molar refractivity (Wildman–Crippen MR) is 74.0 cm³/mol. The summed E-state index contributed by atoms with van der Waals surface area (Å²) in [7, 11) is 1.90. The van der Waals surface area contributed by atoms with Gasteiger partial charge in [-0.25, -0.2) is 0 Å². The van der Waals surface area contributed by atoms with Crippen LogP contribution in [0.5, 0.6) is 0 Å². The standard InChI is InChI=1S/C12H20N2O4S/c1-4-6(15)10-9(17)8(16)7-11(18-10)19-12(13-7)14(3)5-2/h4,6-11,15-17H,1,5H2,2-3H3/t6-,7-,8-,9+,10?,11-/m1/s1. The molecule has 3 N–H and O–H groups in total. The molecule has 2 aliphatic heterocycles. The Morgan fingerprint density at radius 3 is 2.79 bits per heavy atom. The first-order chi connectivity index (χ1) is 8.99. The molecule has 0 aromatic heterocycles. The molecule has 0 radical (unpaired) electrons. The highest BCUT2D eigenvalue weighted by molar-refractivity contribution is 8.14. The lowest BCUT2D eigenvalue weighted by molar-refractivity contribution is -0.176. The van der Waals surface area contributed by atoms with Crippen LogP contribution in [0.2, 0.25) is 0 Å². The Kier molecular flexibility index (Phi) is 4.52. The van der Waals surface area contributed by atoms with Crippen molar-refractivity contribution in [2.24, 2.45) is 4.99 Å². The SMILES string of the molecule is C=C[C@@H](O)C1O[C@@H]2SC(N(C)CC)=N[C@@H]2[C@@H](O)[C@@H]1O. The van der Waals surface area contributed by atoms with Crippen molar-refractivity contribution >= 4 is 16.9 Å². The molecule has 0 aromatic rings. The first-order valence-electron chi connectivity index (χ1n) is 6.27. The van der Waals surface area contributed by atoms with E-state index in [2.05, 4.69) is 11.6 Å². The summed E-state index contributed by atoms with van der Waals surface area (Å²) in [6.45, 7) is 6.27. The minimum Gasteiger partial charge on any atom is -0.388 e. The second-order valence-electron chi connectivity index (χ2n) is 4.71. The molecule has 2 rings (SSSR count). The number of hydrogen-bond donors (Lipinski definition) is 3. The van der Waals surface area contributed by atoms with E-state index < -0.39 is 30.5 Å². The maximum Gasteiger partial charge on any atom is 0.162 e. The number of rotatable bonds is 3. The van der Waals surface area contributed by atoms with Crippen molar-refractivity contribution in [1.82, 2.24) is 4.90 Å². The van der Waals surface area contributed by atoms with E-state index in [0.29, 0.717) is 0 Å². The number of thioether (sulfide) groups is 1. The van der Waals surface area contributed by atoms with Crippen LogP contribution >= 0.6 is 11.8 Å². The van der Waals surface area contributed by atoms with E-state index in [1.807, 2.05) is 18.9 Å². The molecule has 0 spiro atoms. The maximum absolute atomic E-state index is 10.1. The fourth-order valence-corrected chi connectivity index (χ4v) is 3.35. The third kappa shape index (κ3) is 2.66. The van der Waals surface area contributed by atoms with Gasteiger partial charge in [0.25, 0.3) is 0 Å². The number of ether oxygens (including phenoxy) is 1. The molecule has 0 saturated carbocycles. The zero-order valence-electron chi connectivity index (χ0n) is 11.0. The molecule has 6 nitrogen and oxygen atoms in total. The zero-order chi connectivity index (χ0) is 14.2. The van der Waals surface area contributed by atoms with E-state index in [1.54, 1.807) is 0 Å². The smallest absolute Gasteiger partial charge is 0.162 e. The molecular formula is C12H20N2O4S. The van der Waals surface area contributed by atoms with Gasteiger partial charge in [0.15, 0.2) is 5.17 Å². The lowest BCUT2D eigenvalue weighted by Crippen LogP contribution is -2.57. The van der Waals surface area contributed by atoms with E-state index in [4.69, 9.17) is 4.74 Å². The van der Waals surface area contributed by atoms with E-state index >= 15 is 0 Å². The second kappa shape index (κ2) is 5.80. The maximum atomic E-state index is 10.1. The van der Waals surface area contributed by atoms with Crippen LogP contribution in [0.4, 0.5) is 0 Å². The largest absolute Gasteiger partial charge is 0.388 e. The first-order valence-corrected chi connectivity index (χ1v) is 7.15. The lowest BCUT2D eigenvalue weighted by Gasteiger charge is -2.39. The average Bonchev–Trinajstić information content (AvgIpc) is 2.85. The van der Waals surface area contributed by atoms with Gasteiger partial charge in [0.05, 0.1) is 0 Å². The van der Waals surface area contributed by atoms with Gasteiger partial charge in [-0.05, 0) is 6.92 Å². The zero-order valence-corrected chi connectivity index (χ0v) is 11.8. The fourth-order valence-electron chi connectivity index (χ4n) is 2.11. The molecule has 1 saturated heterocycles. The van der Waals surface area contributed by atoms with Gasteiger partial charge in [0.1, 0.15) is 35.9 Å². The summed E-state index contributed by atoms with van der Waals surface area (Å²) in [5, 5.41) is 30.6. The van der Waals surface area contributed by atoms with Gasteiger partial charge in [0, 0.05) is 13.6 Å². The van der Waals surface area contributed by atoms with Crippen molar-refractivity contribution < 1.29 is 20.1 Å². The van der Waals surface area contributed by atoms with Crippen LogP contribution < -0.4 is 0 Å². The van der Waals surface area contributed by atoms with Gasteiger partial charge >= 0.3 is 0 Å². The van der Waals surface area contributed by atoms with E-state index in [9.17, 15) is 15.3 Å². The van der Waals surface area contributed by atoms with Crippen molar-refractivity contribution in [1.29, 1.82) is 0 Å². The van der Waals surface area contributed by atoms with Crippen LogP contribution in [-0.2, 0) is 4.74 Å².